The van der Waals surface area contributed by atoms with Gasteiger partial charge in [-0.15, -0.1) is 24.5 Å². The van der Waals surface area contributed by atoms with Crippen LogP contribution in [0.25, 0.3) is 31.4 Å². The summed E-state index contributed by atoms with van der Waals surface area (Å²) in [6, 6.07) is 21.5. The Labute approximate surface area is 291 Å². The molecule has 0 aliphatic carbocycles. The minimum Gasteiger partial charge on any atom is -0.475 e. The van der Waals surface area contributed by atoms with Crippen LogP contribution in [-0.4, -0.2) is 64.6 Å². The average molecular weight is 740 g/mol. The summed E-state index contributed by atoms with van der Waals surface area (Å²) in [7, 11) is 2.16. The van der Waals surface area contributed by atoms with E-state index in [1.807, 2.05) is 13.0 Å². The standard InChI is InChI=1S/C33H31ClF3N3O2S.C2HF3O2/c1-20-30(34)31(41)29-27-12-9-24(17-28(27)43-32(29)38-20)23-7-3-21(4-8-23)18-39(2)25-13-15-40(16-14-25)19-22-5-10-26(11-6-22)42-33(35,36)37;3-2(4,5)1(6)7/h3-12,17,25H,13-16,18-19H2,1-2H3,(H,38,41);(H,6,7). The van der Waals surface area contributed by atoms with E-state index in [4.69, 9.17) is 21.5 Å². The first kappa shape index (κ1) is 37.2. The third kappa shape index (κ3) is 9.16. The molecule has 0 atom stereocenters. The van der Waals surface area contributed by atoms with Gasteiger partial charge in [-0.2, -0.15) is 13.2 Å². The van der Waals surface area contributed by atoms with Crippen LogP contribution in [0.15, 0.2) is 71.5 Å². The van der Waals surface area contributed by atoms with E-state index in [-0.39, 0.29) is 16.2 Å². The number of fused-ring (bicyclic) bond motifs is 3. The number of piperidine rings is 1. The zero-order chi connectivity index (χ0) is 36.4. The molecule has 2 aromatic heterocycles. The van der Waals surface area contributed by atoms with E-state index in [1.54, 1.807) is 23.5 Å². The number of alkyl halides is 6. The van der Waals surface area contributed by atoms with Gasteiger partial charge >= 0.3 is 18.5 Å². The van der Waals surface area contributed by atoms with Gasteiger partial charge in [-0.05, 0) is 80.4 Å². The second kappa shape index (κ2) is 15.0. The van der Waals surface area contributed by atoms with Gasteiger partial charge in [0.25, 0.3) is 0 Å². The number of H-pyrrole nitrogens is 1. The highest BCUT2D eigenvalue weighted by molar-refractivity contribution is 7.25. The first-order valence-electron chi connectivity index (χ1n) is 15.4. The quantitative estimate of drug-likeness (QED) is 0.162. The molecule has 266 valence electrons. The summed E-state index contributed by atoms with van der Waals surface area (Å²) in [6.07, 6.45) is -7.69. The molecule has 1 saturated heterocycles. The molecular weight excluding hydrogens is 708 g/mol. The maximum atomic E-state index is 12.8. The molecule has 0 spiro atoms. The lowest BCUT2D eigenvalue weighted by molar-refractivity contribution is -0.274. The molecule has 1 aliphatic rings. The number of pyridine rings is 1. The summed E-state index contributed by atoms with van der Waals surface area (Å²) in [5.41, 5.74) is 5.00. The van der Waals surface area contributed by atoms with Crippen molar-refractivity contribution in [1.29, 1.82) is 0 Å². The van der Waals surface area contributed by atoms with Crippen LogP contribution in [0, 0.1) is 6.92 Å². The van der Waals surface area contributed by atoms with Crippen LogP contribution >= 0.6 is 22.9 Å². The fourth-order valence-electron chi connectivity index (χ4n) is 5.89. The molecule has 7 nitrogen and oxygen atoms in total. The number of nitrogens with one attached hydrogen (secondary N) is 1. The smallest absolute Gasteiger partial charge is 0.475 e. The number of hydrogen-bond donors (Lipinski definition) is 2. The van der Waals surface area contributed by atoms with Gasteiger partial charge < -0.3 is 14.8 Å². The number of aryl methyl sites for hydroxylation is 1. The van der Waals surface area contributed by atoms with Gasteiger partial charge in [0, 0.05) is 34.9 Å². The molecular formula is C35H32ClF6N3O4S. The average Bonchev–Trinajstić information content (AvgIpc) is 3.42. The third-order valence-corrected chi connectivity index (χ3v) is 9.98. The van der Waals surface area contributed by atoms with Gasteiger partial charge in [0.15, 0.2) is 0 Å². The van der Waals surface area contributed by atoms with Crippen molar-refractivity contribution in [2.45, 2.75) is 51.4 Å². The first-order valence-corrected chi connectivity index (χ1v) is 16.6. The number of hydrogen-bond acceptors (Lipinski definition) is 6. The Morgan fingerprint density at radius 1 is 0.980 bits per heavy atom. The summed E-state index contributed by atoms with van der Waals surface area (Å²) in [5, 5.41) is 8.94. The van der Waals surface area contributed by atoms with E-state index in [0.717, 1.165) is 64.1 Å². The van der Waals surface area contributed by atoms with Crippen molar-refractivity contribution < 1.29 is 41.0 Å². The second-order valence-corrected chi connectivity index (χ2v) is 13.5. The maximum absolute atomic E-state index is 12.8. The van der Waals surface area contributed by atoms with Gasteiger partial charge in [-0.1, -0.05) is 60.1 Å². The summed E-state index contributed by atoms with van der Waals surface area (Å²) in [6.45, 7) is 5.25. The fraction of sp³-hybridized carbons (Fsp3) is 0.314. The number of benzene rings is 3. The maximum Gasteiger partial charge on any atom is 0.573 e. The summed E-state index contributed by atoms with van der Waals surface area (Å²) in [4.78, 5) is 30.5. The number of thiophene rings is 1. The Kier molecular flexibility index (Phi) is 11.2. The zero-order valence-corrected chi connectivity index (χ0v) is 28.4. The van der Waals surface area contributed by atoms with Crippen molar-refractivity contribution >= 4 is 49.2 Å². The largest absolute Gasteiger partial charge is 0.573 e. The van der Waals surface area contributed by atoms with Gasteiger partial charge in [-0.3, -0.25) is 14.6 Å². The number of likely N-dealkylation sites (tertiary alicyclic amines) is 1. The minimum atomic E-state index is -5.08. The number of nitrogens with zero attached hydrogens (tertiary/aromatic N) is 2. The summed E-state index contributed by atoms with van der Waals surface area (Å²) < 4.78 is 74.0. The number of aliphatic carboxylic acids is 1. The number of ether oxygens (including phenoxy) is 1. The van der Waals surface area contributed by atoms with Crippen molar-refractivity contribution in [3.63, 3.8) is 0 Å². The van der Waals surface area contributed by atoms with Crippen molar-refractivity contribution in [2.24, 2.45) is 0 Å². The van der Waals surface area contributed by atoms with Crippen LogP contribution < -0.4 is 10.2 Å². The third-order valence-electron chi connectivity index (χ3n) is 8.45. The van der Waals surface area contributed by atoms with Gasteiger partial charge in [-0.25, -0.2) is 4.79 Å². The highest BCUT2D eigenvalue weighted by Gasteiger charge is 2.38. The molecule has 1 fully saturated rings. The zero-order valence-electron chi connectivity index (χ0n) is 26.8. The Hall–Kier alpha value is -4.11. The molecule has 5 aromatic rings. The van der Waals surface area contributed by atoms with Crippen molar-refractivity contribution in [1.82, 2.24) is 14.8 Å². The molecule has 0 bridgehead atoms. The molecule has 3 heterocycles. The molecule has 15 heteroatoms. The normalized spacial score (nSPS) is 14.6. The summed E-state index contributed by atoms with van der Waals surface area (Å²) in [5.74, 6) is -2.95. The highest BCUT2D eigenvalue weighted by atomic mass is 35.5. The molecule has 0 amide bonds. The predicted octanol–water partition coefficient (Wildman–Crippen LogP) is 9.00. The Morgan fingerprint density at radius 2 is 1.56 bits per heavy atom. The van der Waals surface area contributed by atoms with Gasteiger partial charge in [0.05, 0.1) is 5.39 Å². The van der Waals surface area contributed by atoms with Crippen LogP contribution in [0.5, 0.6) is 5.75 Å². The van der Waals surface area contributed by atoms with Crippen molar-refractivity contribution in [3.8, 4) is 16.9 Å². The first-order chi connectivity index (χ1) is 23.5. The molecule has 0 unspecified atom stereocenters. The highest BCUT2D eigenvalue weighted by Crippen LogP contribution is 2.35. The Bertz CT molecular complexity index is 2020. The molecule has 1 aliphatic heterocycles. The van der Waals surface area contributed by atoms with E-state index in [9.17, 15) is 31.1 Å². The molecule has 6 rings (SSSR count). The van der Waals surface area contributed by atoms with Crippen LogP contribution in [0.2, 0.25) is 5.02 Å². The molecule has 0 saturated carbocycles. The Balaban J connectivity index is 0.000000630. The van der Waals surface area contributed by atoms with E-state index < -0.39 is 18.5 Å². The van der Waals surface area contributed by atoms with Gasteiger partial charge in [0.1, 0.15) is 15.6 Å². The number of carboxylic acids is 1. The number of carbonyl (C=O) groups is 1. The Morgan fingerprint density at radius 3 is 2.14 bits per heavy atom. The van der Waals surface area contributed by atoms with Gasteiger partial charge in [0.2, 0.25) is 5.43 Å². The predicted molar refractivity (Wildman–Crippen MR) is 182 cm³/mol. The number of halogens is 7. The molecule has 3 aromatic carbocycles. The van der Waals surface area contributed by atoms with E-state index in [0.29, 0.717) is 23.7 Å². The number of aromatic nitrogens is 1. The van der Waals surface area contributed by atoms with Crippen LogP contribution in [0.3, 0.4) is 0 Å². The van der Waals surface area contributed by atoms with Crippen LogP contribution in [-0.2, 0) is 17.9 Å². The minimum absolute atomic E-state index is 0.126. The number of aromatic amines is 1. The topological polar surface area (TPSA) is 85.9 Å². The van der Waals surface area contributed by atoms with E-state index in [2.05, 4.69) is 63.0 Å². The molecule has 50 heavy (non-hydrogen) atoms. The monoisotopic (exact) mass is 739 g/mol. The summed E-state index contributed by atoms with van der Waals surface area (Å²) >= 11 is 7.79. The van der Waals surface area contributed by atoms with Crippen molar-refractivity contribution in [3.05, 3.63) is 98.8 Å². The molecule has 0 radical (unpaired) electrons. The van der Waals surface area contributed by atoms with Crippen LogP contribution in [0.4, 0.5) is 26.3 Å². The lowest BCUT2D eigenvalue weighted by Crippen LogP contribution is -2.42. The number of carboxylic acid groups (broad SMARTS) is 1. The molecule has 2 N–H and O–H groups in total. The lowest BCUT2D eigenvalue weighted by atomic mass is 10.0. The number of rotatable bonds is 7. The fourth-order valence-corrected chi connectivity index (χ4v) is 7.22. The van der Waals surface area contributed by atoms with E-state index >= 15 is 0 Å². The second-order valence-electron chi connectivity index (χ2n) is 12.0. The SMILES string of the molecule is Cc1[nH]c2sc3cc(-c4ccc(CN(C)C5CCN(Cc6ccc(OC(F)(F)F)cc6)CC5)cc4)ccc3c2c(=O)c1Cl.O=C(O)C(F)(F)F. The van der Waals surface area contributed by atoms with Crippen LogP contribution in [0.1, 0.15) is 29.7 Å². The van der Waals surface area contributed by atoms with Crippen molar-refractivity contribution in [2.75, 3.05) is 20.1 Å². The van der Waals surface area contributed by atoms with E-state index in [1.165, 1.54) is 17.7 Å². The lowest BCUT2D eigenvalue weighted by Gasteiger charge is -2.37.